The Morgan fingerprint density at radius 1 is 1.46 bits per heavy atom. The SMILES string of the molecule is Cc1ccsc1-c1nncc(Cl)n1. The average Bonchev–Trinajstić information content (AvgIpc) is 2.51. The van der Waals surface area contributed by atoms with Gasteiger partial charge in [0, 0.05) is 0 Å². The van der Waals surface area contributed by atoms with Crippen LogP contribution in [0.25, 0.3) is 10.7 Å². The fraction of sp³-hybridized carbons (Fsp3) is 0.125. The number of hydrogen-bond acceptors (Lipinski definition) is 4. The molecule has 3 nitrogen and oxygen atoms in total. The minimum Gasteiger partial charge on any atom is -0.212 e. The molecule has 2 aromatic rings. The van der Waals surface area contributed by atoms with Crippen LogP contribution in [0, 0.1) is 6.92 Å². The molecule has 0 unspecified atom stereocenters. The Morgan fingerprint density at radius 3 is 2.92 bits per heavy atom. The summed E-state index contributed by atoms with van der Waals surface area (Å²) >= 11 is 7.29. The van der Waals surface area contributed by atoms with Crippen LogP contribution < -0.4 is 0 Å². The zero-order chi connectivity index (χ0) is 9.26. The van der Waals surface area contributed by atoms with Crippen LogP contribution in [0.3, 0.4) is 0 Å². The number of nitrogens with zero attached hydrogens (tertiary/aromatic N) is 3. The van der Waals surface area contributed by atoms with Crippen LogP contribution in [-0.2, 0) is 0 Å². The Labute approximate surface area is 84.4 Å². The van der Waals surface area contributed by atoms with Gasteiger partial charge >= 0.3 is 0 Å². The van der Waals surface area contributed by atoms with Crippen molar-refractivity contribution >= 4 is 22.9 Å². The molecule has 5 heteroatoms. The van der Waals surface area contributed by atoms with E-state index in [-0.39, 0.29) is 0 Å². The second kappa shape index (κ2) is 3.40. The van der Waals surface area contributed by atoms with Gasteiger partial charge in [-0.05, 0) is 23.9 Å². The molecular weight excluding hydrogens is 206 g/mol. The molecule has 0 radical (unpaired) electrons. The van der Waals surface area contributed by atoms with Crippen LogP contribution in [0.5, 0.6) is 0 Å². The first-order chi connectivity index (χ1) is 6.27. The normalized spacial score (nSPS) is 10.3. The van der Waals surface area contributed by atoms with Crippen LogP contribution in [0.2, 0.25) is 5.15 Å². The van der Waals surface area contributed by atoms with Crippen molar-refractivity contribution in [3.63, 3.8) is 0 Å². The second-order valence-electron chi connectivity index (χ2n) is 2.54. The quantitative estimate of drug-likeness (QED) is 0.728. The van der Waals surface area contributed by atoms with Crippen molar-refractivity contribution in [2.45, 2.75) is 6.92 Å². The minimum absolute atomic E-state index is 0.373. The van der Waals surface area contributed by atoms with Crippen molar-refractivity contribution in [1.29, 1.82) is 0 Å². The van der Waals surface area contributed by atoms with Crippen molar-refractivity contribution in [1.82, 2.24) is 15.2 Å². The summed E-state index contributed by atoms with van der Waals surface area (Å²) in [6.07, 6.45) is 1.42. The molecule has 0 spiro atoms. The Bertz CT molecular complexity index is 427. The first kappa shape index (κ1) is 8.59. The van der Waals surface area contributed by atoms with Crippen molar-refractivity contribution in [2.24, 2.45) is 0 Å². The van der Waals surface area contributed by atoms with E-state index in [9.17, 15) is 0 Å². The lowest BCUT2D eigenvalue weighted by Crippen LogP contribution is -1.90. The van der Waals surface area contributed by atoms with Gasteiger partial charge in [0.15, 0.2) is 11.0 Å². The van der Waals surface area contributed by atoms with Gasteiger partial charge in [0.2, 0.25) is 0 Å². The molecule has 2 aromatic heterocycles. The molecule has 0 bridgehead atoms. The predicted octanol–water partition coefficient (Wildman–Crippen LogP) is 2.56. The molecule has 0 N–H and O–H groups in total. The third kappa shape index (κ3) is 1.68. The maximum Gasteiger partial charge on any atom is 0.193 e. The van der Waals surface area contributed by atoms with Crippen molar-refractivity contribution in [3.05, 3.63) is 28.4 Å². The fourth-order valence-electron chi connectivity index (χ4n) is 0.982. The highest BCUT2D eigenvalue weighted by Crippen LogP contribution is 2.25. The number of thiophene rings is 1. The largest absolute Gasteiger partial charge is 0.212 e. The summed E-state index contributed by atoms with van der Waals surface area (Å²) in [7, 11) is 0. The van der Waals surface area contributed by atoms with Crippen molar-refractivity contribution in [2.75, 3.05) is 0 Å². The molecular formula is C8H6ClN3S. The first-order valence-corrected chi connectivity index (χ1v) is 4.93. The highest BCUT2D eigenvalue weighted by Gasteiger charge is 2.06. The zero-order valence-electron chi connectivity index (χ0n) is 6.86. The van der Waals surface area contributed by atoms with Crippen LogP contribution in [0.1, 0.15) is 5.56 Å². The van der Waals surface area contributed by atoms with E-state index in [1.54, 1.807) is 11.3 Å². The molecule has 0 aliphatic heterocycles. The Hall–Kier alpha value is -1.00. The molecule has 0 amide bonds. The highest BCUT2D eigenvalue weighted by atomic mass is 35.5. The Balaban J connectivity index is 2.53. The van der Waals surface area contributed by atoms with E-state index in [2.05, 4.69) is 15.2 Å². The molecule has 2 heterocycles. The number of aryl methyl sites for hydroxylation is 1. The molecule has 13 heavy (non-hydrogen) atoms. The van der Waals surface area contributed by atoms with Crippen molar-refractivity contribution < 1.29 is 0 Å². The molecule has 0 saturated heterocycles. The van der Waals surface area contributed by atoms with Gasteiger partial charge in [0.1, 0.15) is 0 Å². The molecule has 0 atom stereocenters. The van der Waals surface area contributed by atoms with Crippen molar-refractivity contribution in [3.8, 4) is 10.7 Å². The van der Waals surface area contributed by atoms with E-state index in [1.165, 1.54) is 6.20 Å². The lowest BCUT2D eigenvalue weighted by atomic mass is 10.3. The summed E-state index contributed by atoms with van der Waals surface area (Å²) in [5, 5.41) is 10.0. The van der Waals surface area contributed by atoms with Crippen LogP contribution >= 0.6 is 22.9 Å². The maximum atomic E-state index is 5.71. The van der Waals surface area contributed by atoms with Gasteiger partial charge in [-0.3, -0.25) is 0 Å². The monoisotopic (exact) mass is 211 g/mol. The molecule has 2 rings (SSSR count). The number of halogens is 1. The fourth-order valence-corrected chi connectivity index (χ4v) is 1.96. The van der Waals surface area contributed by atoms with E-state index >= 15 is 0 Å². The zero-order valence-corrected chi connectivity index (χ0v) is 8.43. The summed E-state index contributed by atoms with van der Waals surface area (Å²) in [6.45, 7) is 2.01. The average molecular weight is 212 g/mol. The van der Waals surface area contributed by atoms with Crippen LogP contribution in [0.4, 0.5) is 0 Å². The summed E-state index contributed by atoms with van der Waals surface area (Å²) < 4.78 is 0. The predicted molar refractivity (Wildman–Crippen MR) is 52.9 cm³/mol. The molecule has 0 saturated carbocycles. The number of rotatable bonds is 1. The van der Waals surface area contributed by atoms with Gasteiger partial charge in [0.05, 0.1) is 11.1 Å². The third-order valence-electron chi connectivity index (χ3n) is 1.59. The summed E-state index contributed by atoms with van der Waals surface area (Å²) in [4.78, 5) is 5.10. The first-order valence-electron chi connectivity index (χ1n) is 3.67. The highest BCUT2D eigenvalue weighted by molar-refractivity contribution is 7.13. The molecule has 0 aliphatic carbocycles. The second-order valence-corrected chi connectivity index (χ2v) is 3.84. The standard InChI is InChI=1S/C8H6ClN3S/c1-5-2-3-13-7(5)8-11-6(9)4-10-12-8/h2-4H,1H3. The molecule has 0 aromatic carbocycles. The summed E-state index contributed by atoms with van der Waals surface area (Å²) in [5.74, 6) is 0.597. The van der Waals surface area contributed by atoms with Crippen LogP contribution in [0.15, 0.2) is 17.6 Å². The Morgan fingerprint density at radius 2 is 2.31 bits per heavy atom. The van der Waals surface area contributed by atoms with E-state index in [0.29, 0.717) is 11.0 Å². The lowest BCUT2D eigenvalue weighted by molar-refractivity contribution is 0.982. The third-order valence-corrected chi connectivity index (χ3v) is 2.79. The molecule has 0 aliphatic rings. The van der Waals surface area contributed by atoms with E-state index in [0.717, 1.165) is 10.4 Å². The van der Waals surface area contributed by atoms with Gasteiger partial charge in [-0.25, -0.2) is 4.98 Å². The van der Waals surface area contributed by atoms with E-state index in [4.69, 9.17) is 11.6 Å². The van der Waals surface area contributed by atoms with Gasteiger partial charge < -0.3 is 0 Å². The minimum atomic E-state index is 0.373. The molecule has 66 valence electrons. The lowest BCUT2D eigenvalue weighted by Gasteiger charge is -1.96. The van der Waals surface area contributed by atoms with Gasteiger partial charge in [-0.2, -0.15) is 5.10 Å². The van der Waals surface area contributed by atoms with Crippen LogP contribution in [-0.4, -0.2) is 15.2 Å². The van der Waals surface area contributed by atoms with Gasteiger partial charge in [-0.1, -0.05) is 11.6 Å². The summed E-state index contributed by atoms with van der Waals surface area (Å²) in [5.41, 5.74) is 1.15. The van der Waals surface area contributed by atoms with E-state index < -0.39 is 0 Å². The van der Waals surface area contributed by atoms with Gasteiger partial charge in [-0.15, -0.1) is 16.4 Å². The number of aromatic nitrogens is 3. The number of hydrogen-bond donors (Lipinski definition) is 0. The maximum absolute atomic E-state index is 5.71. The Kier molecular flexibility index (Phi) is 2.24. The van der Waals surface area contributed by atoms with Gasteiger partial charge in [0.25, 0.3) is 0 Å². The topological polar surface area (TPSA) is 38.7 Å². The van der Waals surface area contributed by atoms with E-state index in [1.807, 2.05) is 18.4 Å². The molecule has 0 fully saturated rings. The summed E-state index contributed by atoms with van der Waals surface area (Å²) in [6, 6.07) is 2.02. The smallest absolute Gasteiger partial charge is 0.193 e.